The minimum atomic E-state index is -0.811. The normalized spacial score (nSPS) is 22.5. The van der Waals surface area contributed by atoms with Gasteiger partial charge in [0.25, 0.3) is 0 Å². The zero-order valence-electron chi connectivity index (χ0n) is 11.5. The SMILES string of the molecule is COC1CC(n2c(C(C)C)cnc2SCC(=O)O)C1. The Morgan fingerprint density at radius 1 is 1.63 bits per heavy atom. The molecule has 19 heavy (non-hydrogen) atoms. The molecule has 106 valence electrons. The van der Waals surface area contributed by atoms with Gasteiger partial charge >= 0.3 is 5.97 Å². The van der Waals surface area contributed by atoms with Gasteiger partial charge in [-0.25, -0.2) is 4.98 Å². The van der Waals surface area contributed by atoms with Crippen molar-refractivity contribution in [1.29, 1.82) is 0 Å². The zero-order chi connectivity index (χ0) is 14.0. The molecule has 1 fully saturated rings. The maximum atomic E-state index is 10.7. The van der Waals surface area contributed by atoms with Crippen LogP contribution in [0.3, 0.4) is 0 Å². The van der Waals surface area contributed by atoms with Gasteiger partial charge in [-0.15, -0.1) is 0 Å². The standard InChI is InChI=1S/C13H20N2O3S/c1-8(2)11-6-14-13(19-7-12(16)17)15(11)9-4-10(5-9)18-3/h6,8-10H,4-5,7H2,1-3H3,(H,16,17). The lowest BCUT2D eigenvalue weighted by Crippen LogP contribution is -2.33. The highest BCUT2D eigenvalue weighted by Gasteiger charge is 2.33. The van der Waals surface area contributed by atoms with Gasteiger partial charge in [0.05, 0.1) is 11.9 Å². The van der Waals surface area contributed by atoms with E-state index in [9.17, 15) is 4.79 Å². The maximum absolute atomic E-state index is 10.7. The Hall–Kier alpha value is -1.01. The predicted molar refractivity (Wildman–Crippen MR) is 73.7 cm³/mol. The summed E-state index contributed by atoms with van der Waals surface area (Å²) in [5.74, 6) is -0.378. The van der Waals surface area contributed by atoms with Crippen LogP contribution in [0.4, 0.5) is 0 Å². The summed E-state index contributed by atoms with van der Waals surface area (Å²) in [6, 6.07) is 0.390. The van der Waals surface area contributed by atoms with E-state index in [0.717, 1.165) is 18.0 Å². The lowest BCUT2D eigenvalue weighted by molar-refractivity contribution is -0.133. The highest BCUT2D eigenvalue weighted by atomic mass is 32.2. The van der Waals surface area contributed by atoms with E-state index in [-0.39, 0.29) is 5.75 Å². The molecule has 1 saturated carbocycles. The lowest BCUT2D eigenvalue weighted by atomic mass is 9.88. The molecule has 0 aliphatic heterocycles. The minimum absolute atomic E-state index is 0.0506. The van der Waals surface area contributed by atoms with Gasteiger partial charge in [-0.1, -0.05) is 25.6 Å². The van der Waals surface area contributed by atoms with E-state index in [1.807, 2.05) is 6.20 Å². The van der Waals surface area contributed by atoms with Crippen LogP contribution in [0, 0.1) is 0 Å². The van der Waals surface area contributed by atoms with Crippen molar-refractivity contribution in [3.05, 3.63) is 11.9 Å². The molecule has 0 bridgehead atoms. The molecule has 2 rings (SSSR count). The van der Waals surface area contributed by atoms with Gasteiger partial charge < -0.3 is 14.4 Å². The number of aromatic nitrogens is 2. The summed E-state index contributed by atoms with van der Waals surface area (Å²) in [6.07, 6.45) is 4.15. The number of methoxy groups -OCH3 is 1. The molecule has 1 N–H and O–H groups in total. The molecule has 0 aromatic carbocycles. The molecule has 0 unspecified atom stereocenters. The molecular weight excluding hydrogens is 264 g/mol. The summed E-state index contributed by atoms with van der Waals surface area (Å²) < 4.78 is 7.52. The number of hydrogen-bond donors (Lipinski definition) is 1. The van der Waals surface area contributed by atoms with E-state index in [0.29, 0.717) is 18.1 Å². The number of carbonyl (C=O) groups is 1. The minimum Gasteiger partial charge on any atom is -0.481 e. The average molecular weight is 284 g/mol. The summed E-state index contributed by atoms with van der Waals surface area (Å²) in [5.41, 5.74) is 1.17. The number of thioether (sulfide) groups is 1. The van der Waals surface area contributed by atoms with Crippen molar-refractivity contribution >= 4 is 17.7 Å². The Balaban J connectivity index is 2.17. The fourth-order valence-electron chi connectivity index (χ4n) is 2.32. The number of ether oxygens (including phenoxy) is 1. The third-order valence-electron chi connectivity index (χ3n) is 3.48. The molecule has 6 heteroatoms. The number of rotatable bonds is 6. The third-order valence-corrected chi connectivity index (χ3v) is 4.43. The molecule has 0 amide bonds. The van der Waals surface area contributed by atoms with Crippen LogP contribution >= 0.6 is 11.8 Å². The van der Waals surface area contributed by atoms with E-state index < -0.39 is 5.97 Å². The van der Waals surface area contributed by atoms with Gasteiger partial charge in [0.15, 0.2) is 5.16 Å². The second-order valence-corrected chi connectivity index (χ2v) is 6.10. The van der Waals surface area contributed by atoms with Crippen molar-refractivity contribution in [1.82, 2.24) is 9.55 Å². The molecule has 1 aromatic heterocycles. The number of carboxylic acid groups (broad SMARTS) is 1. The first kappa shape index (κ1) is 14.4. The first-order valence-electron chi connectivity index (χ1n) is 6.47. The topological polar surface area (TPSA) is 64.4 Å². The monoisotopic (exact) mass is 284 g/mol. The highest BCUT2D eigenvalue weighted by Crippen LogP contribution is 2.39. The highest BCUT2D eigenvalue weighted by molar-refractivity contribution is 7.99. The van der Waals surface area contributed by atoms with Gasteiger partial charge in [-0.3, -0.25) is 4.79 Å². The summed E-state index contributed by atoms with van der Waals surface area (Å²) in [6.45, 7) is 4.26. The van der Waals surface area contributed by atoms with E-state index in [2.05, 4.69) is 23.4 Å². The van der Waals surface area contributed by atoms with Gasteiger partial charge in [-0.05, 0) is 18.8 Å². The molecule has 0 atom stereocenters. The molecule has 5 nitrogen and oxygen atoms in total. The fraction of sp³-hybridized carbons (Fsp3) is 0.692. The van der Waals surface area contributed by atoms with Gasteiger partial charge in [0.1, 0.15) is 0 Å². The van der Waals surface area contributed by atoms with Crippen LogP contribution in [0.25, 0.3) is 0 Å². The summed E-state index contributed by atoms with van der Waals surface area (Å²) in [5, 5.41) is 9.60. The third kappa shape index (κ3) is 3.12. The predicted octanol–water partition coefficient (Wildman–Crippen LogP) is 2.53. The molecule has 1 aliphatic rings. The fourth-order valence-corrected chi connectivity index (χ4v) is 3.10. The van der Waals surface area contributed by atoms with E-state index >= 15 is 0 Å². The Morgan fingerprint density at radius 3 is 2.84 bits per heavy atom. The van der Waals surface area contributed by atoms with Gasteiger partial charge in [0, 0.05) is 25.0 Å². The van der Waals surface area contributed by atoms with Gasteiger partial charge in [0.2, 0.25) is 0 Å². The van der Waals surface area contributed by atoms with Crippen LogP contribution in [0.15, 0.2) is 11.4 Å². The second-order valence-electron chi connectivity index (χ2n) is 5.16. The number of carboxylic acids is 1. The Morgan fingerprint density at radius 2 is 2.32 bits per heavy atom. The van der Waals surface area contributed by atoms with Crippen molar-refractivity contribution in [2.24, 2.45) is 0 Å². The van der Waals surface area contributed by atoms with Gasteiger partial charge in [-0.2, -0.15) is 0 Å². The van der Waals surface area contributed by atoms with E-state index in [1.54, 1.807) is 7.11 Å². The molecule has 1 aromatic rings. The quantitative estimate of drug-likeness (QED) is 0.813. The Kier molecular flexibility index (Phi) is 4.52. The average Bonchev–Trinajstić information content (AvgIpc) is 2.69. The molecule has 1 aliphatic carbocycles. The van der Waals surface area contributed by atoms with Crippen LogP contribution in [-0.4, -0.2) is 39.6 Å². The van der Waals surface area contributed by atoms with E-state index in [4.69, 9.17) is 9.84 Å². The molecule has 0 radical (unpaired) electrons. The van der Waals surface area contributed by atoms with Crippen molar-refractivity contribution in [2.45, 2.75) is 49.9 Å². The first-order chi connectivity index (χ1) is 9.02. The molecular formula is C13H20N2O3S. The van der Waals surface area contributed by atoms with Crippen LogP contribution in [0.5, 0.6) is 0 Å². The first-order valence-corrected chi connectivity index (χ1v) is 7.46. The van der Waals surface area contributed by atoms with Crippen LogP contribution < -0.4 is 0 Å². The maximum Gasteiger partial charge on any atom is 0.313 e. The molecule has 0 saturated heterocycles. The smallest absolute Gasteiger partial charge is 0.313 e. The molecule has 0 spiro atoms. The number of aliphatic carboxylic acids is 1. The van der Waals surface area contributed by atoms with Crippen molar-refractivity contribution < 1.29 is 14.6 Å². The van der Waals surface area contributed by atoms with Crippen molar-refractivity contribution in [2.75, 3.05) is 12.9 Å². The number of nitrogens with zero attached hydrogens (tertiary/aromatic N) is 2. The van der Waals surface area contributed by atoms with Crippen molar-refractivity contribution in [3.8, 4) is 0 Å². The Labute approximate surface area is 117 Å². The van der Waals surface area contributed by atoms with Crippen LogP contribution in [-0.2, 0) is 9.53 Å². The van der Waals surface area contributed by atoms with E-state index in [1.165, 1.54) is 17.5 Å². The molecule has 1 heterocycles. The summed E-state index contributed by atoms with van der Waals surface area (Å²) in [4.78, 5) is 15.1. The number of imidazole rings is 1. The second kappa shape index (κ2) is 5.96. The Bertz CT molecular complexity index is 453. The van der Waals surface area contributed by atoms with Crippen LogP contribution in [0.1, 0.15) is 44.3 Å². The largest absolute Gasteiger partial charge is 0.481 e. The van der Waals surface area contributed by atoms with Crippen molar-refractivity contribution in [3.63, 3.8) is 0 Å². The van der Waals surface area contributed by atoms with Crippen LogP contribution in [0.2, 0.25) is 0 Å². The lowest BCUT2D eigenvalue weighted by Gasteiger charge is -2.37. The summed E-state index contributed by atoms with van der Waals surface area (Å²) in [7, 11) is 1.73. The summed E-state index contributed by atoms with van der Waals surface area (Å²) >= 11 is 1.29. The zero-order valence-corrected chi connectivity index (χ0v) is 12.3. The number of hydrogen-bond acceptors (Lipinski definition) is 4.